The molecule has 1 fully saturated rings. The number of amides is 1. The summed E-state index contributed by atoms with van der Waals surface area (Å²) in [5.74, 6) is 0.0585. The predicted molar refractivity (Wildman–Crippen MR) is 77.5 cm³/mol. The van der Waals surface area contributed by atoms with Gasteiger partial charge in [0.2, 0.25) is 0 Å². The van der Waals surface area contributed by atoms with E-state index in [1.165, 1.54) is 0 Å². The number of carbonyl (C=O) groups excluding carboxylic acids is 1. The Kier molecular flexibility index (Phi) is 4.81. The van der Waals surface area contributed by atoms with Crippen LogP contribution in [0.5, 0.6) is 0 Å². The van der Waals surface area contributed by atoms with E-state index in [-0.39, 0.29) is 18.1 Å². The Morgan fingerprint density at radius 2 is 2.25 bits per heavy atom. The summed E-state index contributed by atoms with van der Waals surface area (Å²) in [4.78, 5) is 14.7. The number of aliphatic hydroxyl groups excluding tert-OH is 1. The lowest BCUT2D eigenvalue weighted by molar-refractivity contribution is 0.0606. The van der Waals surface area contributed by atoms with Crippen LogP contribution >= 0.6 is 0 Å². The standard InChI is InChI=1S/C15H25N3O2/c1-11(19)9-13-7-5-4-6-8-18(13)15(20)14-10-16-17(3)12(14)2/h10-11,13,19H,4-9H2,1-3H3. The Labute approximate surface area is 120 Å². The number of aromatic nitrogens is 2. The van der Waals surface area contributed by atoms with E-state index >= 15 is 0 Å². The third kappa shape index (κ3) is 3.20. The summed E-state index contributed by atoms with van der Waals surface area (Å²) in [5.41, 5.74) is 1.58. The van der Waals surface area contributed by atoms with Crippen molar-refractivity contribution in [1.29, 1.82) is 0 Å². The summed E-state index contributed by atoms with van der Waals surface area (Å²) in [6.45, 7) is 4.50. The van der Waals surface area contributed by atoms with E-state index in [0.717, 1.165) is 37.9 Å². The monoisotopic (exact) mass is 279 g/mol. The number of hydrogen-bond acceptors (Lipinski definition) is 3. The van der Waals surface area contributed by atoms with E-state index in [1.54, 1.807) is 17.8 Å². The molecule has 5 nitrogen and oxygen atoms in total. The summed E-state index contributed by atoms with van der Waals surface area (Å²) in [5, 5.41) is 13.8. The van der Waals surface area contributed by atoms with Gasteiger partial charge in [-0.1, -0.05) is 12.8 Å². The van der Waals surface area contributed by atoms with Gasteiger partial charge in [0, 0.05) is 25.3 Å². The molecule has 0 aromatic carbocycles. The van der Waals surface area contributed by atoms with Gasteiger partial charge < -0.3 is 10.0 Å². The van der Waals surface area contributed by atoms with Crippen molar-refractivity contribution in [2.45, 2.75) is 58.1 Å². The molecule has 0 aliphatic carbocycles. The molecule has 0 saturated carbocycles. The van der Waals surface area contributed by atoms with Crippen molar-refractivity contribution in [2.75, 3.05) is 6.54 Å². The maximum atomic E-state index is 12.8. The molecule has 1 saturated heterocycles. The highest BCUT2D eigenvalue weighted by molar-refractivity contribution is 5.95. The van der Waals surface area contributed by atoms with Crippen molar-refractivity contribution < 1.29 is 9.90 Å². The molecular weight excluding hydrogens is 254 g/mol. The van der Waals surface area contributed by atoms with Crippen molar-refractivity contribution in [2.24, 2.45) is 7.05 Å². The third-order valence-corrected chi connectivity index (χ3v) is 4.22. The van der Waals surface area contributed by atoms with Crippen molar-refractivity contribution in [3.8, 4) is 0 Å². The molecule has 0 radical (unpaired) electrons. The Balaban J connectivity index is 2.21. The van der Waals surface area contributed by atoms with Gasteiger partial charge in [0.15, 0.2) is 0 Å². The Bertz CT molecular complexity index is 468. The quantitative estimate of drug-likeness (QED) is 0.919. The second-order valence-electron chi connectivity index (χ2n) is 5.85. The molecule has 0 spiro atoms. The minimum atomic E-state index is -0.372. The highest BCUT2D eigenvalue weighted by Gasteiger charge is 2.28. The lowest BCUT2D eigenvalue weighted by atomic mass is 10.0. The largest absolute Gasteiger partial charge is 0.393 e. The van der Waals surface area contributed by atoms with Gasteiger partial charge in [-0.25, -0.2) is 0 Å². The summed E-state index contributed by atoms with van der Waals surface area (Å²) in [6.07, 6.45) is 6.26. The average molecular weight is 279 g/mol. The molecule has 1 aliphatic heterocycles. The molecule has 2 atom stereocenters. The van der Waals surface area contributed by atoms with Crippen LogP contribution in [0.4, 0.5) is 0 Å². The highest BCUT2D eigenvalue weighted by Crippen LogP contribution is 2.23. The van der Waals surface area contributed by atoms with E-state index in [2.05, 4.69) is 5.10 Å². The van der Waals surface area contributed by atoms with E-state index < -0.39 is 0 Å². The van der Waals surface area contributed by atoms with Crippen LogP contribution in [-0.2, 0) is 7.05 Å². The van der Waals surface area contributed by atoms with Crippen LogP contribution in [-0.4, -0.2) is 44.4 Å². The number of nitrogens with zero attached hydrogens (tertiary/aromatic N) is 3. The Hall–Kier alpha value is -1.36. The first-order valence-corrected chi connectivity index (χ1v) is 7.48. The smallest absolute Gasteiger partial charge is 0.257 e. The third-order valence-electron chi connectivity index (χ3n) is 4.22. The van der Waals surface area contributed by atoms with Gasteiger partial charge in [0.1, 0.15) is 0 Å². The zero-order chi connectivity index (χ0) is 14.7. The highest BCUT2D eigenvalue weighted by atomic mass is 16.3. The second-order valence-corrected chi connectivity index (χ2v) is 5.85. The van der Waals surface area contributed by atoms with Crippen molar-refractivity contribution in [3.63, 3.8) is 0 Å². The minimum absolute atomic E-state index is 0.0585. The molecule has 0 bridgehead atoms. The first-order chi connectivity index (χ1) is 9.50. The fourth-order valence-electron chi connectivity index (χ4n) is 2.95. The van der Waals surface area contributed by atoms with E-state index in [1.807, 2.05) is 18.9 Å². The van der Waals surface area contributed by atoms with Crippen LogP contribution in [0, 0.1) is 6.92 Å². The average Bonchev–Trinajstić information content (AvgIpc) is 2.61. The van der Waals surface area contributed by atoms with E-state index in [0.29, 0.717) is 12.0 Å². The number of carbonyl (C=O) groups is 1. The number of aryl methyl sites for hydroxylation is 1. The summed E-state index contributed by atoms with van der Waals surface area (Å²) >= 11 is 0. The summed E-state index contributed by atoms with van der Waals surface area (Å²) in [7, 11) is 1.85. The zero-order valence-corrected chi connectivity index (χ0v) is 12.7. The van der Waals surface area contributed by atoms with Crippen LogP contribution in [0.25, 0.3) is 0 Å². The van der Waals surface area contributed by atoms with Gasteiger partial charge in [0.05, 0.1) is 17.9 Å². The van der Waals surface area contributed by atoms with Gasteiger partial charge in [-0.2, -0.15) is 5.10 Å². The number of hydrogen-bond donors (Lipinski definition) is 1. The fourth-order valence-corrected chi connectivity index (χ4v) is 2.95. The molecule has 1 aliphatic rings. The predicted octanol–water partition coefficient (Wildman–Crippen LogP) is 1.88. The normalized spacial score (nSPS) is 21.6. The zero-order valence-electron chi connectivity index (χ0n) is 12.7. The van der Waals surface area contributed by atoms with Crippen LogP contribution in [0.3, 0.4) is 0 Å². The molecular formula is C15H25N3O2. The molecule has 1 aromatic heterocycles. The number of likely N-dealkylation sites (tertiary alicyclic amines) is 1. The molecule has 2 heterocycles. The molecule has 2 rings (SSSR count). The topological polar surface area (TPSA) is 58.4 Å². The Morgan fingerprint density at radius 3 is 2.85 bits per heavy atom. The van der Waals surface area contributed by atoms with Gasteiger partial charge >= 0.3 is 0 Å². The molecule has 20 heavy (non-hydrogen) atoms. The number of rotatable bonds is 3. The first-order valence-electron chi connectivity index (χ1n) is 7.48. The molecule has 5 heteroatoms. The van der Waals surface area contributed by atoms with Gasteiger partial charge in [-0.05, 0) is 33.1 Å². The first kappa shape index (κ1) is 15.0. The van der Waals surface area contributed by atoms with E-state index in [9.17, 15) is 9.90 Å². The Morgan fingerprint density at radius 1 is 1.50 bits per heavy atom. The van der Waals surface area contributed by atoms with Crippen LogP contribution < -0.4 is 0 Å². The summed E-state index contributed by atoms with van der Waals surface area (Å²) < 4.78 is 1.73. The number of aliphatic hydroxyl groups is 1. The van der Waals surface area contributed by atoms with Crippen molar-refractivity contribution in [1.82, 2.24) is 14.7 Å². The molecule has 112 valence electrons. The van der Waals surface area contributed by atoms with Crippen molar-refractivity contribution in [3.05, 3.63) is 17.5 Å². The van der Waals surface area contributed by atoms with Gasteiger partial charge in [-0.15, -0.1) is 0 Å². The summed E-state index contributed by atoms with van der Waals surface area (Å²) in [6, 6.07) is 0.143. The van der Waals surface area contributed by atoms with Gasteiger partial charge in [-0.3, -0.25) is 9.48 Å². The molecule has 1 amide bonds. The SMILES string of the molecule is Cc1c(C(=O)N2CCCCCC2CC(C)O)cnn1C. The lowest BCUT2D eigenvalue weighted by Crippen LogP contribution is -2.41. The van der Waals surface area contributed by atoms with Crippen LogP contribution in [0.15, 0.2) is 6.20 Å². The van der Waals surface area contributed by atoms with Crippen LogP contribution in [0.2, 0.25) is 0 Å². The second kappa shape index (κ2) is 6.39. The maximum absolute atomic E-state index is 12.8. The van der Waals surface area contributed by atoms with E-state index in [4.69, 9.17) is 0 Å². The fraction of sp³-hybridized carbons (Fsp3) is 0.733. The lowest BCUT2D eigenvalue weighted by Gasteiger charge is -2.31. The molecule has 2 unspecified atom stereocenters. The maximum Gasteiger partial charge on any atom is 0.257 e. The molecule has 1 aromatic rings. The van der Waals surface area contributed by atoms with Gasteiger partial charge in [0.25, 0.3) is 5.91 Å². The minimum Gasteiger partial charge on any atom is -0.393 e. The van der Waals surface area contributed by atoms with Crippen molar-refractivity contribution >= 4 is 5.91 Å². The molecule has 1 N–H and O–H groups in total. The van der Waals surface area contributed by atoms with Crippen LogP contribution in [0.1, 0.15) is 55.1 Å².